The van der Waals surface area contributed by atoms with Crippen molar-refractivity contribution in [1.29, 1.82) is 0 Å². The maximum atomic E-state index is 11.2. The van der Waals surface area contributed by atoms with Crippen molar-refractivity contribution in [3.63, 3.8) is 0 Å². The number of carbonyl (C=O) groups is 1. The van der Waals surface area contributed by atoms with Gasteiger partial charge in [0, 0.05) is 31.0 Å². The van der Waals surface area contributed by atoms with E-state index in [0.29, 0.717) is 6.54 Å². The molecule has 112 valence electrons. The van der Waals surface area contributed by atoms with Crippen LogP contribution < -0.4 is 5.73 Å². The summed E-state index contributed by atoms with van der Waals surface area (Å²) in [5.74, 6) is -0.129. The van der Waals surface area contributed by atoms with E-state index in [1.807, 2.05) is 0 Å². The van der Waals surface area contributed by atoms with Gasteiger partial charge in [-0.3, -0.25) is 9.89 Å². The summed E-state index contributed by atoms with van der Waals surface area (Å²) >= 11 is 0. The van der Waals surface area contributed by atoms with Crippen LogP contribution in [0.2, 0.25) is 0 Å². The Morgan fingerprint density at radius 3 is 2.95 bits per heavy atom. The van der Waals surface area contributed by atoms with Crippen molar-refractivity contribution < 1.29 is 13.2 Å². The number of hydrogen-bond acceptors (Lipinski definition) is 5. The molecule has 3 N–H and O–H groups in total. The monoisotopic (exact) mass is 300 g/mol. The van der Waals surface area contributed by atoms with Crippen molar-refractivity contribution in [1.82, 2.24) is 15.1 Å². The minimum atomic E-state index is -2.94. The SMILES string of the molecule is CS(=O)(=O)CCN1CCCC(c2cc(C(N)=O)n[nH]2)C1. The van der Waals surface area contributed by atoms with Crippen LogP contribution in [0, 0.1) is 0 Å². The van der Waals surface area contributed by atoms with Gasteiger partial charge in [-0.2, -0.15) is 5.10 Å². The molecule has 1 amide bonds. The lowest BCUT2D eigenvalue weighted by molar-refractivity contribution is 0.0995. The molecule has 7 nitrogen and oxygen atoms in total. The average molecular weight is 300 g/mol. The lowest BCUT2D eigenvalue weighted by Crippen LogP contribution is -2.37. The standard InChI is InChI=1S/C12H20N4O3S/c1-20(18,19)6-5-16-4-2-3-9(8-16)10-7-11(12(13)17)15-14-10/h7,9H,2-6,8H2,1H3,(H2,13,17)(H,14,15). The van der Waals surface area contributed by atoms with Crippen LogP contribution in [-0.4, -0.2) is 61.1 Å². The van der Waals surface area contributed by atoms with Crippen molar-refractivity contribution in [2.24, 2.45) is 5.73 Å². The highest BCUT2D eigenvalue weighted by Crippen LogP contribution is 2.25. The fraction of sp³-hybridized carbons (Fsp3) is 0.667. The summed E-state index contributed by atoms with van der Waals surface area (Å²) < 4.78 is 22.4. The fourth-order valence-electron chi connectivity index (χ4n) is 2.48. The summed E-state index contributed by atoms with van der Waals surface area (Å²) in [4.78, 5) is 13.2. The van der Waals surface area contributed by atoms with Gasteiger partial charge in [0.15, 0.2) is 0 Å². The number of amides is 1. The number of piperidine rings is 1. The number of primary amides is 1. The summed E-state index contributed by atoms with van der Waals surface area (Å²) in [6.07, 6.45) is 3.25. The first-order valence-electron chi connectivity index (χ1n) is 6.60. The number of nitrogens with two attached hydrogens (primary N) is 1. The van der Waals surface area contributed by atoms with Crippen LogP contribution in [0.25, 0.3) is 0 Å². The molecular formula is C12H20N4O3S. The topological polar surface area (TPSA) is 109 Å². The quantitative estimate of drug-likeness (QED) is 0.778. The third-order valence-corrected chi connectivity index (χ3v) is 4.50. The second-order valence-corrected chi connectivity index (χ2v) is 7.60. The molecule has 2 heterocycles. The van der Waals surface area contributed by atoms with Crippen molar-refractivity contribution in [3.05, 3.63) is 17.5 Å². The Labute approximate surface area is 118 Å². The molecule has 1 saturated heterocycles. The Balaban J connectivity index is 1.97. The van der Waals surface area contributed by atoms with Gasteiger partial charge in [-0.1, -0.05) is 0 Å². The number of sulfone groups is 1. The Hall–Kier alpha value is -1.41. The molecule has 20 heavy (non-hydrogen) atoms. The van der Waals surface area contributed by atoms with Crippen LogP contribution in [0.4, 0.5) is 0 Å². The predicted molar refractivity (Wildman–Crippen MR) is 75.2 cm³/mol. The largest absolute Gasteiger partial charge is 0.364 e. The molecule has 2 rings (SSSR count). The Bertz CT molecular complexity index is 581. The van der Waals surface area contributed by atoms with E-state index in [0.717, 1.165) is 31.6 Å². The van der Waals surface area contributed by atoms with Crippen LogP contribution in [-0.2, 0) is 9.84 Å². The molecule has 1 fully saturated rings. The predicted octanol–water partition coefficient (Wildman–Crippen LogP) is -0.267. The second kappa shape index (κ2) is 5.92. The molecule has 0 aromatic carbocycles. The smallest absolute Gasteiger partial charge is 0.269 e. The fourth-order valence-corrected chi connectivity index (χ4v) is 3.07. The Morgan fingerprint density at radius 1 is 1.60 bits per heavy atom. The minimum Gasteiger partial charge on any atom is -0.364 e. The highest BCUT2D eigenvalue weighted by atomic mass is 32.2. The van der Waals surface area contributed by atoms with Gasteiger partial charge in [-0.05, 0) is 25.5 Å². The van der Waals surface area contributed by atoms with E-state index in [1.54, 1.807) is 6.07 Å². The van der Waals surface area contributed by atoms with E-state index >= 15 is 0 Å². The highest BCUT2D eigenvalue weighted by molar-refractivity contribution is 7.90. The van der Waals surface area contributed by atoms with Gasteiger partial charge in [0.25, 0.3) is 5.91 Å². The molecule has 8 heteroatoms. The molecule has 0 spiro atoms. The van der Waals surface area contributed by atoms with Crippen LogP contribution in [0.1, 0.15) is 34.9 Å². The average Bonchev–Trinajstić information content (AvgIpc) is 2.86. The molecule has 1 aromatic heterocycles. The summed E-state index contributed by atoms with van der Waals surface area (Å²) in [6, 6.07) is 1.69. The first-order valence-corrected chi connectivity index (χ1v) is 8.66. The van der Waals surface area contributed by atoms with Crippen LogP contribution >= 0.6 is 0 Å². The van der Waals surface area contributed by atoms with E-state index in [1.165, 1.54) is 6.26 Å². The maximum absolute atomic E-state index is 11.2. The van der Waals surface area contributed by atoms with E-state index in [-0.39, 0.29) is 17.4 Å². The Kier molecular flexibility index (Phi) is 4.44. The molecule has 1 aromatic rings. The number of rotatable bonds is 5. The van der Waals surface area contributed by atoms with Gasteiger partial charge in [0.05, 0.1) is 5.75 Å². The van der Waals surface area contributed by atoms with E-state index in [2.05, 4.69) is 15.1 Å². The normalized spacial score (nSPS) is 20.9. The molecule has 0 saturated carbocycles. The lowest BCUT2D eigenvalue weighted by Gasteiger charge is -2.31. The van der Waals surface area contributed by atoms with Crippen molar-refractivity contribution in [2.45, 2.75) is 18.8 Å². The Morgan fingerprint density at radius 2 is 2.35 bits per heavy atom. The van der Waals surface area contributed by atoms with Gasteiger partial charge in [-0.15, -0.1) is 0 Å². The number of hydrogen-bond donors (Lipinski definition) is 2. The minimum absolute atomic E-state index is 0.176. The van der Waals surface area contributed by atoms with Crippen LogP contribution in [0.15, 0.2) is 6.07 Å². The summed E-state index contributed by atoms with van der Waals surface area (Å²) in [5.41, 5.74) is 6.32. The summed E-state index contributed by atoms with van der Waals surface area (Å²) in [5, 5.41) is 6.74. The second-order valence-electron chi connectivity index (χ2n) is 5.34. The summed E-state index contributed by atoms with van der Waals surface area (Å²) in [7, 11) is -2.94. The molecule has 0 radical (unpaired) electrons. The zero-order chi connectivity index (χ0) is 14.8. The summed E-state index contributed by atoms with van der Waals surface area (Å²) in [6.45, 7) is 2.23. The first kappa shape index (κ1) is 15.0. The van der Waals surface area contributed by atoms with E-state index < -0.39 is 15.7 Å². The van der Waals surface area contributed by atoms with E-state index in [9.17, 15) is 13.2 Å². The van der Waals surface area contributed by atoms with Crippen molar-refractivity contribution in [3.8, 4) is 0 Å². The molecular weight excluding hydrogens is 280 g/mol. The van der Waals surface area contributed by atoms with Gasteiger partial charge in [-0.25, -0.2) is 8.42 Å². The third-order valence-electron chi connectivity index (χ3n) is 3.57. The van der Waals surface area contributed by atoms with Gasteiger partial charge >= 0.3 is 0 Å². The van der Waals surface area contributed by atoms with Crippen molar-refractivity contribution in [2.75, 3.05) is 31.6 Å². The molecule has 1 aliphatic rings. The van der Waals surface area contributed by atoms with Gasteiger partial charge < -0.3 is 10.6 Å². The van der Waals surface area contributed by atoms with Crippen LogP contribution in [0.3, 0.4) is 0 Å². The molecule has 1 atom stereocenters. The van der Waals surface area contributed by atoms with Crippen LogP contribution in [0.5, 0.6) is 0 Å². The highest BCUT2D eigenvalue weighted by Gasteiger charge is 2.24. The number of aromatic nitrogens is 2. The van der Waals surface area contributed by atoms with Gasteiger partial charge in [0.1, 0.15) is 15.5 Å². The third kappa shape index (κ3) is 4.04. The molecule has 1 unspecified atom stereocenters. The van der Waals surface area contributed by atoms with Gasteiger partial charge in [0.2, 0.25) is 0 Å². The number of carbonyl (C=O) groups excluding carboxylic acids is 1. The van der Waals surface area contributed by atoms with Crippen molar-refractivity contribution >= 4 is 15.7 Å². The molecule has 0 bridgehead atoms. The number of H-pyrrole nitrogens is 1. The molecule has 1 aliphatic heterocycles. The number of aromatic amines is 1. The number of nitrogens with zero attached hydrogens (tertiary/aromatic N) is 2. The zero-order valence-electron chi connectivity index (χ0n) is 11.5. The number of nitrogens with one attached hydrogen (secondary N) is 1. The maximum Gasteiger partial charge on any atom is 0.269 e. The zero-order valence-corrected chi connectivity index (χ0v) is 12.3. The van der Waals surface area contributed by atoms with E-state index in [4.69, 9.17) is 5.73 Å². The number of likely N-dealkylation sites (tertiary alicyclic amines) is 1. The lowest BCUT2D eigenvalue weighted by atomic mass is 9.95. The molecule has 0 aliphatic carbocycles. The first-order chi connectivity index (χ1) is 9.35.